The van der Waals surface area contributed by atoms with Crippen molar-refractivity contribution >= 4 is 15.8 Å². The maximum Gasteiger partial charge on any atom is 0.233 e. The molecular weight excluding hydrogens is 316 g/mol. The van der Waals surface area contributed by atoms with Crippen LogP contribution in [0.3, 0.4) is 0 Å². The van der Waals surface area contributed by atoms with Gasteiger partial charge in [0.25, 0.3) is 0 Å². The predicted molar refractivity (Wildman–Crippen MR) is 88.9 cm³/mol. The molecule has 0 aromatic carbocycles. The summed E-state index contributed by atoms with van der Waals surface area (Å²) in [6.07, 6.45) is 2.10. The molecule has 0 aliphatic carbocycles. The number of hydrogen-bond acceptors (Lipinski definition) is 5. The third-order valence-corrected chi connectivity index (χ3v) is 4.64. The van der Waals surface area contributed by atoms with Gasteiger partial charge in [-0.15, -0.1) is 0 Å². The van der Waals surface area contributed by atoms with Gasteiger partial charge in [-0.05, 0) is 19.3 Å². The summed E-state index contributed by atoms with van der Waals surface area (Å²) in [5.41, 5.74) is 1.73. The minimum absolute atomic E-state index is 0.0845. The van der Waals surface area contributed by atoms with Crippen molar-refractivity contribution in [1.82, 2.24) is 14.9 Å². The third-order valence-electron chi connectivity index (χ3n) is 3.53. The van der Waals surface area contributed by atoms with Crippen LogP contribution < -0.4 is 4.31 Å². The third kappa shape index (κ3) is 4.13. The van der Waals surface area contributed by atoms with E-state index in [1.807, 2.05) is 25.5 Å². The van der Waals surface area contributed by atoms with E-state index in [2.05, 4.69) is 17.2 Å². The summed E-state index contributed by atoms with van der Waals surface area (Å²) in [5, 5.41) is 8.38. The number of hydrogen-bond donors (Lipinski definition) is 0. The molecule has 0 aliphatic rings. The Kier molecular flexibility index (Phi) is 5.13. The van der Waals surface area contributed by atoms with Crippen LogP contribution in [-0.4, -0.2) is 29.6 Å². The predicted octanol–water partition coefficient (Wildman–Crippen LogP) is 2.68. The zero-order valence-corrected chi connectivity index (χ0v) is 15.1. The van der Waals surface area contributed by atoms with Crippen LogP contribution in [-0.2, 0) is 23.1 Å². The van der Waals surface area contributed by atoms with Gasteiger partial charge in [-0.25, -0.2) is 12.7 Å². The molecule has 2 rings (SSSR count). The van der Waals surface area contributed by atoms with Crippen molar-refractivity contribution in [3.8, 4) is 0 Å². The first-order valence-electron chi connectivity index (χ1n) is 7.70. The van der Waals surface area contributed by atoms with E-state index in [1.54, 1.807) is 12.1 Å². The topological polar surface area (TPSA) is 81.2 Å². The van der Waals surface area contributed by atoms with Crippen molar-refractivity contribution in [2.45, 2.75) is 53.1 Å². The first-order valence-corrected chi connectivity index (χ1v) is 9.54. The van der Waals surface area contributed by atoms with E-state index < -0.39 is 10.0 Å². The first-order chi connectivity index (χ1) is 10.7. The second-order valence-corrected chi connectivity index (χ2v) is 7.92. The second kappa shape index (κ2) is 6.74. The highest BCUT2D eigenvalue weighted by Gasteiger charge is 2.23. The normalized spacial score (nSPS) is 12.1. The van der Waals surface area contributed by atoms with Crippen molar-refractivity contribution in [3.05, 3.63) is 29.3 Å². The van der Waals surface area contributed by atoms with Crippen LogP contribution >= 0.6 is 0 Å². The van der Waals surface area contributed by atoms with Crippen LogP contribution in [0.1, 0.15) is 50.3 Å². The van der Waals surface area contributed by atoms with Crippen LogP contribution in [0.5, 0.6) is 0 Å². The van der Waals surface area contributed by atoms with Gasteiger partial charge in [-0.1, -0.05) is 25.9 Å². The van der Waals surface area contributed by atoms with Gasteiger partial charge in [-0.2, -0.15) is 5.10 Å². The molecule has 2 heterocycles. The number of rotatable bonds is 7. The average molecular weight is 340 g/mol. The minimum atomic E-state index is -3.48. The average Bonchev–Trinajstić information content (AvgIpc) is 3.03. The molecule has 0 spiro atoms. The summed E-state index contributed by atoms with van der Waals surface area (Å²) >= 11 is 0. The summed E-state index contributed by atoms with van der Waals surface area (Å²) in [4.78, 5) is 0. The Morgan fingerprint density at radius 2 is 2.04 bits per heavy atom. The van der Waals surface area contributed by atoms with Gasteiger partial charge in [0.1, 0.15) is 0 Å². The molecule has 0 bridgehead atoms. The Balaban J connectivity index is 2.32. The Hall–Kier alpha value is -1.83. The van der Waals surface area contributed by atoms with Gasteiger partial charge in [0, 0.05) is 24.4 Å². The molecule has 0 unspecified atom stereocenters. The zero-order chi connectivity index (χ0) is 17.2. The molecule has 0 amide bonds. The minimum Gasteiger partial charge on any atom is -0.359 e. The van der Waals surface area contributed by atoms with Gasteiger partial charge >= 0.3 is 0 Å². The number of anilines is 1. The fraction of sp³-hybridized carbons (Fsp3) is 0.600. The lowest BCUT2D eigenvalue weighted by atomic mass is 10.1. The van der Waals surface area contributed by atoms with Crippen molar-refractivity contribution in [2.75, 3.05) is 10.6 Å². The lowest BCUT2D eigenvalue weighted by molar-refractivity contribution is 0.376. The molecule has 0 N–H and O–H groups in total. The van der Waals surface area contributed by atoms with E-state index in [0.29, 0.717) is 11.6 Å². The highest BCUT2D eigenvalue weighted by Crippen LogP contribution is 2.22. The number of aromatic nitrogens is 3. The first kappa shape index (κ1) is 17.5. The Labute approximate surface area is 137 Å². The van der Waals surface area contributed by atoms with E-state index in [0.717, 1.165) is 24.4 Å². The molecule has 8 heteroatoms. The lowest BCUT2D eigenvalue weighted by Crippen LogP contribution is -2.29. The summed E-state index contributed by atoms with van der Waals surface area (Å²) in [6, 6.07) is 3.56. The van der Waals surface area contributed by atoms with Crippen LogP contribution in [0.25, 0.3) is 0 Å². The standard InChI is InChI=1S/C15H24N4O3S/c1-6-7-18-12(4)8-15(16-18)19(23(5,20)21)10-13-9-14(11(2)3)17-22-13/h8-9,11H,6-7,10H2,1-5H3. The second-order valence-electron chi connectivity index (χ2n) is 6.01. The Morgan fingerprint density at radius 1 is 1.35 bits per heavy atom. The molecule has 7 nitrogen and oxygen atoms in total. The molecule has 2 aromatic heterocycles. The molecule has 0 fully saturated rings. The smallest absolute Gasteiger partial charge is 0.233 e. The monoisotopic (exact) mass is 340 g/mol. The Morgan fingerprint density at radius 3 is 2.57 bits per heavy atom. The van der Waals surface area contributed by atoms with Crippen LogP contribution in [0.2, 0.25) is 0 Å². The van der Waals surface area contributed by atoms with Crippen molar-refractivity contribution in [1.29, 1.82) is 0 Å². The SMILES string of the molecule is CCCn1nc(N(Cc2cc(C(C)C)no2)S(C)(=O)=O)cc1C. The van der Waals surface area contributed by atoms with Gasteiger partial charge < -0.3 is 4.52 Å². The van der Waals surface area contributed by atoms with Gasteiger partial charge in [-0.3, -0.25) is 4.68 Å². The quantitative estimate of drug-likeness (QED) is 0.774. The van der Waals surface area contributed by atoms with Crippen LogP contribution in [0.15, 0.2) is 16.7 Å². The summed E-state index contributed by atoms with van der Waals surface area (Å²) in [6.45, 7) is 8.82. The molecule has 0 atom stereocenters. The molecule has 0 radical (unpaired) electrons. The largest absolute Gasteiger partial charge is 0.359 e. The summed E-state index contributed by atoms with van der Waals surface area (Å²) in [7, 11) is -3.48. The number of aryl methyl sites for hydroxylation is 2. The molecule has 2 aromatic rings. The van der Waals surface area contributed by atoms with Gasteiger partial charge in [0.05, 0.1) is 18.5 Å². The maximum absolute atomic E-state index is 12.2. The number of nitrogens with zero attached hydrogens (tertiary/aromatic N) is 4. The molecule has 0 saturated heterocycles. The van der Waals surface area contributed by atoms with Gasteiger partial charge in [0.2, 0.25) is 10.0 Å². The van der Waals surface area contributed by atoms with Crippen LogP contribution in [0, 0.1) is 6.92 Å². The highest BCUT2D eigenvalue weighted by molar-refractivity contribution is 7.92. The van der Waals surface area contributed by atoms with E-state index in [1.165, 1.54) is 10.6 Å². The molecule has 128 valence electrons. The molecular formula is C15H24N4O3S. The van der Waals surface area contributed by atoms with Crippen molar-refractivity contribution < 1.29 is 12.9 Å². The fourth-order valence-corrected chi connectivity index (χ4v) is 3.03. The molecule has 23 heavy (non-hydrogen) atoms. The van der Waals surface area contributed by atoms with Crippen molar-refractivity contribution in [2.24, 2.45) is 0 Å². The maximum atomic E-state index is 12.2. The number of sulfonamides is 1. The lowest BCUT2D eigenvalue weighted by Gasteiger charge is -2.17. The van der Waals surface area contributed by atoms with Crippen LogP contribution in [0.4, 0.5) is 5.82 Å². The van der Waals surface area contributed by atoms with E-state index in [4.69, 9.17) is 4.52 Å². The molecule has 0 saturated carbocycles. The highest BCUT2D eigenvalue weighted by atomic mass is 32.2. The van der Waals surface area contributed by atoms with E-state index in [9.17, 15) is 8.42 Å². The van der Waals surface area contributed by atoms with Gasteiger partial charge in [0.15, 0.2) is 11.6 Å². The summed E-state index contributed by atoms with van der Waals surface area (Å²) < 4.78 is 32.7. The van der Waals surface area contributed by atoms with E-state index in [-0.39, 0.29) is 12.5 Å². The van der Waals surface area contributed by atoms with E-state index >= 15 is 0 Å². The summed E-state index contributed by atoms with van der Waals surface area (Å²) in [5.74, 6) is 1.13. The fourth-order valence-electron chi connectivity index (χ4n) is 2.24. The Bertz CT molecular complexity index is 762. The van der Waals surface area contributed by atoms with Crippen molar-refractivity contribution in [3.63, 3.8) is 0 Å². The zero-order valence-electron chi connectivity index (χ0n) is 14.3. The molecule has 0 aliphatic heterocycles.